The van der Waals surface area contributed by atoms with E-state index in [1.165, 1.54) is 12.1 Å². The lowest BCUT2D eigenvalue weighted by Crippen LogP contribution is -2.27. The zero-order chi connectivity index (χ0) is 14.6. The Morgan fingerprint density at radius 3 is 2.58 bits per heavy atom. The summed E-state index contributed by atoms with van der Waals surface area (Å²) in [4.78, 5) is 12.1. The second-order valence-corrected chi connectivity index (χ2v) is 6.66. The molecule has 1 aromatic carbocycles. The molecular formula is C13H19NO4S. The molecule has 1 atom stereocenters. The molecule has 6 heteroatoms. The van der Waals surface area contributed by atoms with Crippen LogP contribution in [0.15, 0.2) is 23.1 Å². The Labute approximate surface area is 113 Å². The van der Waals surface area contributed by atoms with Crippen molar-refractivity contribution < 1.29 is 18.3 Å². The largest absolute Gasteiger partial charge is 0.393 e. The number of hydrogen-bond donors (Lipinski definition) is 2. The maximum atomic E-state index is 11.9. The maximum Gasteiger partial charge on any atom is 0.251 e. The van der Waals surface area contributed by atoms with E-state index in [0.29, 0.717) is 24.1 Å². The van der Waals surface area contributed by atoms with Crippen LogP contribution in [-0.4, -0.2) is 38.3 Å². The Bertz CT molecular complexity index is 564. The van der Waals surface area contributed by atoms with Gasteiger partial charge in [0.25, 0.3) is 5.91 Å². The highest BCUT2D eigenvalue weighted by Crippen LogP contribution is 2.15. The van der Waals surface area contributed by atoms with Crippen LogP contribution in [0.4, 0.5) is 0 Å². The van der Waals surface area contributed by atoms with E-state index in [1.54, 1.807) is 19.9 Å². The van der Waals surface area contributed by atoms with E-state index in [9.17, 15) is 13.2 Å². The number of sulfone groups is 1. The number of nitrogens with one attached hydrogen (secondary N) is 1. The molecule has 0 saturated carbocycles. The van der Waals surface area contributed by atoms with Gasteiger partial charge in [-0.25, -0.2) is 8.42 Å². The third-order valence-corrected chi connectivity index (χ3v) is 3.84. The lowest BCUT2D eigenvalue weighted by molar-refractivity contribution is 0.0944. The Morgan fingerprint density at radius 2 is 2.05 bits per heavy atom. The van der Waals surface area contributed by atoms with Crippen molar-refractivity contribution in [3.05, 3.63) is 29.3 Å². The number of hydrogen-bond acceptors (Lipinski definition) is 4. The third-order valence-electron chi connectivity index (χ3n) is 2.73. The topological polar surface area (TPSA) is 83.5 Å². The first-order valence-corrected chi connectivity index (χ1v) is 7.88. The summed E-state index contributed by atoms with van der Waals surface area (Å²) in [7, 11) is -3.33. The summed E-state index contributed by atoms with van der Waals surface area (Å²) >= 11 is 0. The molecular weight excluding hydrogens is 266 g/mol. The minimum atomic E-state index is -3.33. The Kier molecular flexibility index (Phi) is 5.08. The number of benzene rings is 1. The number of aliphatic hydroxyl groups is 1. The SMILES string of the molecule is Cc1ccc(S(C)(=O)=O)cc1C(=O)NCCC(C)O. The van der Waals surface area contributed by atoms with E-state index in [2.05, 4.69) is 5.32 Å². The summed E-state index contributed by atoms with van der Waals surface area (Å²) in [5.74, 6) is -0.330. The van der Waals surface area contributed by atoms with Gasteiger partial charge in [-0.15, -0.1) is 0 Å². The highest BCUT2D eigenvalue weighted by molar-refractivity contribution is 7.90. The van der Waals surface area contributed by atoms with Crippen LogP contribution in [0.1, 0.15) is 29.3 Å². The minimum Gasteiger partial charge on any atom is -0.393 e. The first-order chi connectivity index (χ1) is 8.71. The molecule has 0 radical (unpaired) electrons. The second-order valence-electron chi connectivity index (χ2n) is 4.64. The summed E-state index contributed by atoms with van der Waals surface area (Å²) in [6, 6.07) is 4.47. The van der Waals surface area contributed by atoms with Crippen LogP contribution in [0.25, 0.3) is 0 Å². The minimum absolute atomic E-state index is 0.124. The first-order valence-electron chi connectivity index (χ1n) is 5.99. The summed E-state index contributed by atoms with van der Waals surface area (Å²) in [5.41, 5.74) is 1.05. The van der Waals surface area contributed by atoms with Crippen LogP contribution in [0, 0.1) is 6.92 Å². The molecule has 1 unspecified atom stereocenters. The van der Waals surface area contributed by atoms with Crippen molar-refractivity contribution in [1.29, 1.82) is 0 Å². The van der Waals surface area contributed by atoms with Gasteiger partial charge in [0.1, 0.15) is 0 Å². The van der Waals surface area contributed by atoms with Crippen LogP contribution in [0.2, 0.25) is 0 Å². The van der Waals surface area contributed by atoms with Crippen LogP contribution in [-0.2, 0) is 9.84 Å². The number of aliphatic hydroxyl groups excluding tert-OH is 1. The van der Waals surface area contributed by atoms with Gasteiger partial charge in [-0.05, 0) is 38.0 Å². The van der Waals surface area contributed by atoms with Gasteiger partial charge in [0.15, 0.2) is 9.84 Å². The molecule has 0 saturated heterocycles. The van der Waals surface area contributed by atoms with Gasteiger partial charge in [0, 0.05) is 18.4 Å². The van der Waals surface area contributed by atoms with Crippen molar-refractivity contribution in [2.45, 2.75) is 31.3 Å². The van der Waals surface area contributed by atoms with E-state index < -0.39 is 15.9 Å². The predicted octanol–water partition coefficient (Wildman–Crippen LogP) is 0.899. The van der Waals surface area contributed by atoms with E-state index in [4.69, 9.17) is 5.11 Å². The average Bonchev–Trinajstić information content (AvgIpc) is 2.27. The van der Waals surface area contributed by atoms with E-state index in [1.807, 2.05) is 0 Å². The van der Waals surface area contributed by atoms with Crippen LogP contribution in [0.3, 0.4) is 0 Å². The molecule has 0 heterocycles. The number of carbonyl (C=O) groups excluding carboxylic acids is 1. The van der Waals surface area contributed by atoms with Crippen molar-refractivity contribution in [3.63, 3.8) is 0 Å². The number of aryl methyl sites for hydroxylation is 1. The molecule has 0 aliphatic heterocycles. The van der Waals surface area contributed by atoms with Crippen LogP contribution >= 0.6 is 0 Å². The van der Waals surface area contributed by atoms with E-state index in [-0.39, 0.29) is 10.8 Å². The van der Waals surface area contributed by atoms with Gasteiger partial charge in [0.2, 0.25) is 0 Å². The summed E-state index contributed by atoms with van der Waals surface area (Å²) in [6.07, 6.45) is 1.08. The van der Waals surface area contributed by atoms with Gasteiger partial charge in [-0.3, -0.25) is 4.79 Å². The third kappa shape index (κ3) is 4.65. The van der Waals surface area contributed by atoms with E-state index >= 15 is 0 Å². The van der Waals surface area contributed by atoms with Gasteiger partial charge in [-0.1, -0.05) is 6.07 Å². The van der Waals surface area contributed by atoms with Crippen molar-refractivity contribution in [3.8, 4) is 0 Å². The summed E-state index contributed by atoms with van der Waals surface area (Å²) < 4.78 is 22.9. The monoisotopic (exact) mass is 285 g/mol. The molecule has 2 N–H and O–H groups in total. The molecule has 1 amide bonds. The van der Waals surface area contributed by atoms with Gasteiger partial charge in [-0.2, -0.15) is 0 Å². The molecule has 5 nitrogen and oxygen atoms in total. The molecule has 0 aliphatic carbocycles. The highest BCUT2D eigenvalue weighted by Gasteiger charge is 2.14. The Morgan fingerprint density at radius 1 is 1.42 bits per heavy atom. The zero-order valence-corrected chi connectivity index (χ0v) is 12.1. The van der Waals surface area contributed by atoms with Gasteiger partial charge in [0.05, 0.1) is 11.0 Å². The zero-order valence-electron chi connectivity index (χ0n) is 11.3. The molecule has 0 bridgehead atoms. The molecule has 1 aromatic rings. The lowest BCUT2D eigenvalue weighted by Gasteiger charge is -2.10. The van der Waals surface area contributed by atoms with Crippen molar-refractivity contribution in [2.24, 2.45) is 0 Å². The second kappa shape index (κ2) is 6.16. The fourth-order valence-corrected chi connectivity index (χ4v) is 2.21. The quantitative estimate of drug-likeness (QED) is 0.842. The molecule has 106 valence electrons. The summed E-state index contributed by atoms with van der Waals surface area (Å²) in [5, 5.41) is 11.8. The summed E-state index contributed by atoms with van der Waals surface area (Å²) in [6.45, 7) is 3.73. The van der Waals surface area contributed by atoms with Gasteiger partial charge < -0.3 is 10.4 Å². The molecule has 0 aromatic heterocycles. The van der Waals surface area contributed by atoms with Crippen molar-refractivity contribution in [2.75, 3.05) is 12.8 Å². The standard InChI is InChI=1S/C13H19NO4S/c1-9-4-5-11(19(3,17)18)8-12(9)13(16)14-7-6-10(2)15/h4-5,8,10,15H,6-7H2,1-3H3,(H,14,16). The first kappa shape index (κ1) is 15.7. The van der Waals surface area contributed by atoms with Gasteiger partial charge >= 0.3 is 0 Å². The smallest absolute Gasteiger partial charge is 0.251 e. The van der Waals surface area contributed by atoms with Crippen molar-refractivity contribution >= 4 is 15.7 Å². The molecule has 0 aliphatic rings. The Balaban J connectivity index is 2.90. The maximum absolute atomic E-state index is 11.9. The normalized spacial score (nSPS) is 13.1. The number of carbonyl (C=O) groups is 1. The molecule has 19 heavy (non-hydrogen) atoms. The number of amides is 1. The fraction of sp³-hybridized carbons (Fsp3) is 0.462. The lowest BCUT2D eigenvalue weighted by atomic mass is 10.1. The Hall–Kier alpha value is -1.40. The van der Waals surface area contributed by atoms with E-state index in [0.717, 1.165) is 6.26 Å². The molecule has 1 rings (SSSR count). The average molecular weight is 285 g/mol. The highest BCUT2D eigenvalue weighted by atomic mass is 32.2. The predicted molar refractivity (Wildman–Crippen MR) is 72.9 cm³/mol. The van der Waals surface area contributed by atoms with Crippen LogP contribution < -0.4 is 5.32 Å². The molecule has 0 spiro atoms. The molecule has 0 fully saturated rings. The van der Waals surface area contributed by atoms with Crippen LogP contribution in [0.5, 0.6) is 0 Å². The fourth-order valence-electron chi connectivity index (χ4n) is 1.57. The van der Waals surface area contributed by atoms with Crippen molar-refractivity contribution in [1.82, 2.24) is 5.32 Å². The number of rotatable bonds is 5.